The van der Waals surface area contributed by atoms with Crippen molar-refractivity contribution in [2.75, 3.05) is 12.1 Å². The summed E-state index contributed by atoms with van der Waals surface area (Å²) in [6.07, 6.45) is 4.00. The van der Waals surface area contributed by atoms with Crippen LogP contribution in [0.4, 0.5) is 5.69 Å². The lowest BCUT2D eigenvalue weighted by atomic mass is 9.73. The van der Waals surface area contributed by atoms with Gasteiger partial charge in [0.05, 0.1) is 18.1 Å². The molecule has 0 bridgehead atoms. The third kappa shape index (κ3) is 2.18. The number of fused-ring (bicyclic) bond motifs is 1. The van der Waals surface area contributed by atoms with E-state index in [1.807, 2.05) is 18.2 Å². The zero-order valence-electron chi connectivity index (χ0n) is 9.59. The van der Waals surface area contributed by atoms with Crippen LogP contribution in [0.25, 0.3) is 0 Å². The Kier molecular flexibility index (Phi) is 2.91. The Hall–Kier alpha value is -1.99. The van der Waals surface area contributed by atoms with E-state index in [1.165, 1.54) is 0 Å². The molecule has 3 N–H and O–H groups in total. The highest BCUT2D eigenvalue weighted by atomic mass is 16.6. The van der Waals surface area contributed by atoms with Gasteiger partial charge in [-0.3, -0.25) is 5.10 Å². The molecule has 3 rings (SSSR count). The van der Waals surface area contributed by atoms with Crippen molar-refractivity contribution in [2.45, 2.75) is 6.42 Å². The van der Waals surface area contributed by atoms with Gasteiger partial charge in [-0.25, -0.2) is 5.48 Å². The van der Waals surface area contributed by atoms with Crippen molar-refractivity contribution in [2.24, 2.45) is 0 Å². The first kappa shape index (κ1) is 11.1. The molecule has 1 aliphatic rings. The van der Waals surface area contributed by atoms with Gasteiger partial charge in [0, 0.05) is 6.61 Å². The summed E-state index contributed by atoms with van der Waals surface area (Å²) in [5, 5.41) is 16.1. The average molecular weight is 245 g/mol. The van der Waals surface area contributed by atoms with Gasteiger partial charge >= 0.3 is 7.12 Å². The highest BCUT2D eigenvalue weighted by Crippen LogP contribution is 2.14. The molecule has 0 spiro atoms. The van der Waals surface area contributed by atoms with Crippen molar-refractivity contribution < 1.29 is 14.5 Å². The second-order valence-electron chi connectivity index (χ2n) is 4.02. The highest BCUT2D eigenvalue weighted by molar-refractivity contribution is 6.61. The molecule has 2 aromatic rings. The number of benzene rings is 1. The van der Waals surface area contributed by atoms with Crippen LogP contribution in [0.2, 0.25) is 0 Å². The first-order chi connectivity index (χ1) is 8.83. The molecule has 7 heteroatoms. The number of rotatable bonds is 3. The molecule has 6 nitrogen and oxygen atoms in total. The van der Waals surface area contributed by atoms with E-state index in [1.54, 1.807) is 12.4 Å². The number of aromatic amines is 1. The van der Waals surface area contributed by atoms with Crippen molar-refractivity contribution in [1.29, 1.82) is 0 Å². The number of hydrogen-bond acceptors (Lipinski definition) is 5. The van der Waals surface area contributed by atoms with Gasteiger partial charge in [0.15, 0.2) is 5.75 Å². The number of hydrogen-bond donors (Lipinski definition) is 3. The first-order valence-electron chi connectivity index (χ1n) is 5.67. The molecule has 0 unspecified atom stereocenters. The number of nitrogens with one attached hydrogen (secondary N) is 2. The summed E-state index contributed by atoms with van der Waals surface area (Å²) >= 11 is 0. The normalized spacial score (nSPS) is 14.2. The molecule has 1 aromatic heterocycles. The largest absolute Gasteiger partial charge is 0.491 e. The van der Waals surface area contributed by atoms with Gasteiger partial charge < -0.3 is 14.5 Å². The molecule has 0 saturated carbocycles. The third-order valence-electron chi connectivity index (χ3n) is 2.82. The van der Waals surface area contributed by atoms with Gasteiger partial charge in [-0.15, -0.1) is 0 Å². The Balaban J connectivity index is 1.75. The second-order valence-corrected chi connectivity index (χ2v) is 4.02. The average Bonchev–Trinajstić information content (AvgIpc) is 2.90. The smallest absolute Gasteiger partial charge is 0.423 e. The van der Waals surface area contributed by atoms with Gasteiger partial charge in [-0.1, -0.05) is 6.07 Å². The monoisotopic (exact) mass is 245 g/mol. The Morgan fingerprint density at radius 3 is 3.28 bits per heavy atom. The Morgan fingerprint density at radius 2 is 2.44 bits per heavy atom. The predicted octanol–water partition coefficient (Wildman–Crippen LogP) is 0.0758. The Bertz CT molecular complexity index is 532. The summed E-state index contributed by atoms with van der Waals surface area (Å²) < 4.78 is 5.18. The van der Waals surface area contributed by atoms with Gasteiger partial charge in [0.25, 0.3) is 0 Å². The molecule has 0 radical (unpaired) electrons. The summed E-state index contributed by atoms with van der Waals surface area (Å²) in [6.45, 7) is 0.548. The Labute approximate surface area is 104 Å². The number of aromatic nitrogens is 2. The minimum Gasteiger partial charge on any atom is -0.423 e. The molecule has 92 valence electrons. The van der Waals surface area contributed by atoms with Crippen molar-refractivity contribution in [3.05, 3.63) is 36.2 Å². The summed E-state index contributed by atoms with van der Waals surface area (Å²) in [4.78, 5) is 5.29. The summed E-state index contributed by atoms with van der Waals surface area (Å²) in [5.41, 5.74) is 5.42. The number of anilines is 1. The molecule has 0 atom stereocenters. The lowest BCUT2D eigenvalue weighted by Crippen LogP contribution is -2.41. The topological polar surface area (TPSA) is 79.4 Å². The van der Waals surface area contributed by atoms with E-state index in [4.69, 9.17) is 9.49 Å². The zero-order valence-corrected chi connectivity index (χ0v) is 9.59. The van der Waals surface area contributed by atoms with Crippen LogP contribution in [0.15, 0.2) is 30.6 Å². The molecule has 0 saturated heterocycles. The second kappa shape index (κ2) is 4.71. The van der Waals surface area contributed by atoms with E-state index < -0.39 is 7.12 Å². The van der Waals surface area contributed by atoms with Crippen molar-refractivity contribution in [1.82, 2.24) is 10.2 Å². The fourth-order valence-electron chi connectivity index (χ4n) is 1.90. The molecule has 0 fully saturated rings. The molecule has 18 heavy (non-hydrogen) atoms. The van der Waals surface area contributed by atoms with Gasteiger partial charge in [-0.05, 0) is 29.6 Å². The number of nitrogens with zero attached hydrogens (tertiary/aromatic N) is 1. The molecular formula is C11H12BN3O3. The van der Waals surface area contributed by atoms with Crippen LogP contribution >= 0.6 is 0 Å². The van der Waals surface area contributed by atoms with E-state index in [0.717, 1.165) is 23.1 Å². The summed E-state index contributed by atoms with van der Waals surface area (Å²) in [5.74, 6) is 0.588. The standard InChI is InChI=1S/C11H12BN3O3/c16-12-11-5-9(2-1-8(11)3-4-17-12)15-18-10-6-13-14-7-10/h1-2,5-7,15-16H,3-4H2,(H,13,14). The lowest BCUT2D eigenvalue weighted by molar-refractivity contribution is 0.266. The molecule has 1 aliphatic heterocycles. The maximum absolute atomic E-state index is 9.73. The van der Waals surface area contributed by atoms with Crippen LogP contribution in [0, 0.1) is 0 Å². The van der Waals surface area contributed by atoms with E-state index in [-0.39, 0.29) is 0 Å². The van der Waals surface area contributed by atoms with E-state index in [9.17, 15) is 5.02 Å². The molecule has 2 heterocycles. The Morgan fingerprint density at radius 1 is 1.50 bits per heavy atom. The number of H-pyrrole nitrogens is 1. The van der Waals surface area contributed by atoms with Crippen LogP contribution in [-0.2, 0) is 11.1 Å². The molecule has 1 aromatic carbocycles. The molecular weight excluding hydrogens is 233 g/mol. The van der Waals surface area contributed by atoms with Crippen LogP contribution < -0.4 is 15.8 Å². The van der Waals surface area contributed by atoms with Crippen LogP contribution in [0.1, 0.15) is 5.56 Å². The van der Waals surface area contributed by atoms with E-state index in [0.29, 0.717) is 12.4 Å². The summed E-state index contributed by atoms with van der Waals surface area (Å²) in [6, 6.07) is 5.68. The van der Waals surface area contributed by atoms with Crippen molar-refractivity contribution >= 4 is 18.3 Å². The maximum atomic E-state index is 9.73. The van der Waals surface area contributed by atoms with Crippen LogP contribution in [-0.4, -0.2) is 28.9 Å². The van der Waals surface area contributed by atoms with Crippen LogP contribution in [0.5, 0.6) is 5.75 Å². The molecule has 0 amide bonds. The predicted molar refractivity (Wildman–Crippen MR) is 66.5 cm³/mol. The van der Waals surface area contributed by atoms with Crippen LogP contribution in [0.3, 0.4) is 0 Å². The zero-order chi connectivity index (χ0) is 12.4. The maximum Gasteiger partial charge on any atom is 0.491 e. The van der Waals surface area contributed by atoms with E-state index >= 15 is 0 Å². The van der Waals surface area contributed by atoms with Gasteiger partial charge in [0.1, 0.15) is 0 Å². The lowest BCUT2D eigenvalue weighted by Gasteiger charge is -2.19. The third-order valence-corrected chi connectivity index (χ3v) is 2.82. The highest BCUT2D eigenvalue weighted by Gasteiger charge is 2.24. The summed E-state index contributed by atoms with van der Waals surface area (Å²) in [7, 11) is -0.857. The quantitative estimate of drug-likeness (QED) is 0.527. The van der Waals surface area contributed by atoms with Crippen molar-refractivity contribution in [3.8, 4) is 5.75 Å². The van der Waals surface area contributed by atoms with E-state index in [2.05, 4.69) is 15.7 Å². The fraction of sp³-hybridized carbons (Fsp3) is 0.182. The van der Waals surface area contributed by atoms with Gasteiger partial charge in [0.2, 0.25) is 0 Å². The fourth-order valence-corrected chi connectivity index (χ4v) is 1.90. The minimum absolute atomic E-state index is 0.548. The first-order valence-corrected chi connectivity index (χ1v) is 5.67. The molecule has 0 aliphatic carbocycles. The van der Waals surface area contributed by atoms with Gasteiger partial charge in [-0.2, -0.15) is 5.10 Å². The SMILES string of the molecule is OB1OCCc2ccc(NOc3cn[nH]c3)cc21. The van der Waals surface area contributed by atoms with Crippen molar-refractivity contribution in [3.63, 3.8) is 0 Å². The minimum atomic E-state index is -0.857.